The monoisotopic (exact) mass is 233 g/mol. The number of carbonyl (C=O) groups excluding carboxylic acids is 1. The van der Waals surface area contributed by atoms with E-state index < -0.39 is 0 Å². The van der Waals surface area contributed by atoms with E-state index in [0.717, 1.165) is 29.7 Å². The molecule has 4 nitrogen and oxygen atoms in total. The second-order valence-electron chi connectivity index (χ2n) is 4.15. The molecule has 1 saturated carbocycles. The van der Waals surface area contributed by atoms with Crippen molar-refractivity contribution in [1.82, 2.24) is 0 Å². The molecule has 0 amide bonds. The number of hydrogen-bond donors (Lipinski definition) is 0. The van der Waals surface area contributed by atoms with Crippen LogP contribution in [0.1, 0.15) is 24.0 Å². The Morgan fingerprint density at radius 2 is 2.18 bits per heavy atom. The van der Waals surface area contributed by atoms with Crippen molar-refractivity contribution in [2.24, 2.45) is 4.99 Å². The van der Waals surface area contributed by atoms with Crippen LogP contribution in [-0.2, 0) is 21.7 Å². The third-order valence-corrected chi connectivity index (χ3v) is 3.13. The summed E-state index contributed by atoms with van der Waals surface area (Å²) in [6.07, 6.45) is 3.43. The van der Waals surface area contributed by atoms with E-state index in [2.05, 4.69) is 4.99 Å². The maximum atomic E-state index is 10.5. The van der Waals surface area contributed by atoms with E-state index in [1.54, 1.807) is 20.3 Å². The lowest BCUT2D eigenvalue weighted by atomic mass is 9.98. The molecule has 17 heavy (non-hydrogen) atoms. The van der Waals surface area contributed by atoms with Crippen molar-refractivity contribution in [3.05, 3.63) is 29.3 Å². The third kappa shape index (κ3) is 2.09. The number of aliphatic imine (C=N–C) groups is 1. The molecule has 0 atom stereocenters. The smallest absolute Gasteiger partial charge is 0.235 e. The topological polar surface area (TPSA) is 47.9 Å². The largest absolute Gasteiger partial charge is 0.496 e. The van der Waals surface area contributed by atoms with Crippen LogP contribution in [0.15, 0.2) is 23.2 Å². The molecule has 0 aliphatic heterocycles. The highest BCUT2D eigenvalue weighted by atomic mass is 16.5. The summed E-state index contributed by atoms with van der Waals surface area (Å²) in [7, 11) is 3.26. The van der Waals surface area contributed by atoms with Crippen LogP contribution < -0.4 is 4.74 Å². The third-order valence-electron chi connectivity index (χ3n) is 3.13. The second kappa shape index (κ2) is 4.70. The van der Waals surface area contributed by atoms with Crippen molar-refractivity contribution in [2.45, 2.75) is 25.0 Å². The Balaban J connectivity index is 2.49. The Hall–Kier alpha value is -1.64. The Labute approximate surface area is 100 Å². The standard InChI is InChI=1S/C13H15NO3/c1-16-8-10-11(4-3-5-12(10)17-2)13(6-7-13)14-9-15/h3-5H,6-8H2,1-2H3. The zero-order valence-corrected chi connectivity index (χ0v) is 10.0. The van der Waals surface area contributed by atoms with Crippen molar-refractivity contribution < 1.29 is 14.3 Å². The predicted octanol–water partition coefficient (Wildman–Crippen LogP) is 2.17. The van der Waals surface area contributed by atoms with Gasteiger partial charge in [-0.05, 0) is 24.5 Å². The lowest BCUT2D eigenvalue weighted by Gasteiger charge is -2.16. The second-order valence-corrected chi connectivity index (χ2v) is 4.15. The van der Waals surface area contributed by atoms with Gasteiger partial charge in [0.1, 0.15) is 5.75 Å². The molecule has 0 bridgehead atoms. The minimum absolute atomic E-state index is 0.385. The van der Waals surface area contributed by atoms with Crippen LogP contribution in [0.4, 0.5) is 0 Å². The van der Waals surface area contributed by atoms with E-state index in [4.69, 9.17) is 9.47 Å². The molecule has 0 spiro atoms. The number of ether oxygens (including phenoxy) is 2. The first kappa shape index (κ1) is 11.8. The molecular formula is C13H15NO3. The van der Waals surface area contributed by atoms with Crippen molar-refractivity contribution in [3.8, 4) is 5.75 Å². The minimum atomic E-state index is -0.385. The molecule has 1 aliphatic carbocycles. The van der Waals surface area contributed by atoms with Gasteiger partial charge in [-0.1, -0.05) is 12.1 Å². The van der Waals surface area contributed by atoms with E-state index in [-0.39, 0.29) is 5.54 Å². The van der Waals surface area contributed by atoms with Crippen molar-refractivity contribution in [3.63, 3.8) is 0 Å². The Morgan fingerprint density at radius 1 is 1.41 bits per heavy atom. The molecule has 1 aliphatic rings. The maximum Gasteiger partial charge on any atom is 0.235 e. The van der Waals surface area contributed by atoms with Crippen LogP contribution in [-0.4, -0.2) is 20.3 Å². The molecule has 4 heteroatoms. The minimum Gasteiger partial charge on any atom is -0.496 e. The van der Waals surface area contributed by atoms with Gasteiger partial charge in [0.25, 0.3) is 0 Å². The first-order chi connectivity index (χ1) is 8.27. The summed E-state index contributed by atoms with van der Waals surface area (Å²) in [5.41, 5.74) is 1.60. The summed E-state index contributed by atoms with van der Waals surface area (Å²) in [5.74, 6) is 0.775. The van der Waals surface area contributed by atoms with Crippen molar-refractivity contribution >= 4 is 6.08 Å². The number of methoxy groups -OCH3 is 2. The molecule has 2 rings (SSSR count). The molecule has 90 valence electrons. The molecule has 0 N–H and O–H groups in total. The van der Waals surface area contributed by atoms with Crippen LogP contribution in [0.3, 0.4) is 0 Å². The van der Waals surface area contributed by atoms with Crippen LogP contribution in [0, 0.1) is 0 Å². The summed E-state index contributed by atoms with van der Waals surface area (Å²) in [6, 6.07) is 5.77. The fraction of sp³-hybridized carbons (Fsp3) is 0.462. The summed E-state index contributed by atoms with van der Waals surface area (Å²) in [6.45, 7) is 0.454. The molecule has 0 unspecified atom stereocenters. The van der Waals surface area contributed by atoms with Gasteiger partial charge in [0.05, 0.1) is 19.3 Å². The average Bonchev–Trinajstić information content (AvgIpc) is 3.11. The van der Waals surface area contributed by atoms with E-state index in [1.165, 1.54) is 0 Å². The maximum absolute atomic E-state index is 10.5. The molecule has 0 radical (unpaired) electrons. The summed E-state index contributed by atoms with van der Waals surface area (Å²) < 4.78 is 10.5. The summed E-state index contributed by atoms with van der Waals surface area (Å²) in [4.78, 5) is 14.4. The first-order valence-corrected chi connectivity index (χ1v) is 5.52. The van der Waals surface area contributed by atoms with Gasteiger partial charge in [-0.2, -0.15) is 4.99 Å². The molecule has 0 saturated heterocycles. The average molecular weight is 233 g/mol. The van der Waals surface area contributed by atoms with Crippen LogP contribution in [0.2, 0.25) is 0 Å². The number of hydrogen-bond acceptors (Lipinski definition) is 4. The fourth-order valence-electron chi connectivity index (χ4n) is 2.13. The normalized spacial score (nSPS) is 16.1. The van der Waals surface area contributed by atoms with E-state index in [1.807, 2.05) is 18.2 Å². The molecule has 0 aromatic heterocycles. The highest BCUT2D eigenvalue weighted by Crippen LogP contribution is 2.51. The van der Waals surface area contributed by atoms with Crippen LogP contribution in [0.5, 0.6) is 5.75 Å². The Kier molecular flexibility index (Phi) is 3.27. The highest BCUT2D eigenvalue weighted by molar-refractivity contribution is 5.49. The van der Waals surface area contributed by atoms with Gasteiger partial charge in [-0.15, -0.1) is 0 Å². The molecule has 1 aromatic carbocycles. The van der Waals surface area contributed by atoms with Crippen LogP contribution in [0.25, 0.3) is 0 Å². The number of benzene rings is 1. The van der Waals surface area contributed by atoms with Crippen LogP contribution >= 0.6 is 0 Å². The molecule has 0 heterocycles. The van der Waals surface area contributed by atoms with Gasteiger partial charge in [0.2, 0.25) is 6.08 Å². The SMILES string of the molecule is COCc1c(OC)cccc1C1(N=C=O)CC1. The van der Waals surface area contributed by atoms with E-state index in [9.17, 15) is 4.79 Å². The Morgan fingerprint density at radius 3 is 2.71 bits per heavy atom. The molecule has 1 fully saturated rings. The Bertz CT molecular complexity index is 460. The van der Waals surface area contributed by atoms with Gasteiger partial charge in [0, 0.05) is 12.7 Å². The number of rotatable bonds is 5. The number of isocyanates is 1. The molecular weight excluding hydrogens is 218 g/mol. The highest BCUT2D eigenvalue weighted by Gasteiger charge is 2.46. The van der Waals surface area contributed by atoms with Gasteiger partial charge < -0.3 is 9.47 Å². The van der Waals surface area contributed by atoms with Gasteiger partial charge in [-0.3, -0.25) is 0 Å². The number of nitrogens with zero attached hydrogens (tertiary/aromatic N) is 1. The first-order valence-electron chi connectivity index (χ1n) is 5.52. The predicted molar refractivity (Wildman–Crippen MR) is 62.7 cm³/mol. The van der Waals surface area contributed by atoms with Crippen molar-refractivity contribution in [2.75, 3.05) is 14.2 Å². The fourth-order valence-corrected chi connectivity index (χ4v) is 2.13. The molecule has 1 aromatic rings. The summed E-state index contributed by atoms with van der Waals surface area (Å²) >= 11 is 0. The van der Waals surface area contributed by atoms with Gasteiger partial charge in [-0.25, -0.2) is 4.79 Å². The van der Waals surface area contributed by atoms with Gasteiger partial charge >= 0.3 is 0 Å². The lowest BCUT2D eigenvalue weighted by Crippen LogP contribution is -2.09. The lowest BCUT2D eigenvalue weighted by molar-refractivity contribution is 0.180. The zero-order valence-electron chi connectivity index (χ0n) is 10.0. The van der Waals surface area contributed by atoms with Gasteiger partial charge in [0.15, 0.2) is 0 Å². The summed E-state index contributed by atoms with van der Waals surface area (Å²) in [5, 5.41) is 0. The van der Waals surface area contributed by atoms with Crippen molar-refractivity contribution in [1.29, 1.82) is 0 Å². The van der Waals surface area contributed by atoms with E-state index in [0.29, 0.717) is 6.61 Å². The quantitative estimate of drug-likeness (QED) is 0.578. The van der Waals surface area contributed by atoms with E-state index >= 15 is 0 Å². The zero-order chi connectivity index (χ0) is 12.3.